The summed E-state index contributed by atoms with van der Waals surface area (Å²) in [6.45, 7) is 4.20. The Morgan fingerprint density at radius 2 is 1.70 bits per heavy atom. The number of carbonyl (C=O) groups excluding carboxylic acids is 4. The van der Waals surface area contributed by atoms with Crippen molar-refractivity contribution in [3.05, 3.63) is 83.1 Å². The summed E-state index contributed by atoms with van der Waals surface area (Å²) in [6, 6.07) is 12.3. The van der Waals surface area contributed by atoms with Crippen LogP contribution in [0.15, 0.2) is 59.9 Å². The van der Waals surface area contributed by atoms with Gasteiger partial charge in [0.1, 0.15) is 12.3 Å². The summed E-state index contributed by atoms with van der Waals surface area (Å²) >= 11 is 0. The third-order valence-electron chi connectivity index (χ3n) is 8.52. The molecule has 2 aromatic heterocycles. The Morgan fingerprint density at radius 3 is 2.45 bits per heavy atom. The number of nitrogens with one attached hydrogen (secondary N) is 2. The maximum absolute atomic E-state index is 13.3. The fourth-order valence-electron chi connectivity index (χ4n) is 5.83. The van der Waals surface area contributed by atoms with Crippen LogP contribution in [0.25, 0.3) is 11.1 Å². The van der Waals surface area contributed by atoms with E-state index in [1.807, 2.05) is 44.3 Å². The molecule has 1 fully saturated rings. The van der Waals surface area contributed by atoms with E-state index in [1.54, 1.807) is 54.2 Å². The summed E-state index contributed by atoms with van der Waals surface area (Å²) in [5.74, 6) is -1.12. The molecule has 47 heavy (non-hydrogen) atoms. The fraction of sp³-hybridized carbons (Fsp3) is 0.294. The largest absolute Gasteiger partial charge is 0.464 e. The van der Waals surface area contributed by atoms with E-state index in [1.165, 1.54) is 11.7 Å². The summed E-state index contributed by atoms with van der Waals surface area (Å²) in [6.07, 6.45) is 5.28. The van der Waals surface area contributed by atoms with Gasteiger partial charge in [-0.2, -0.15) is 0 Å². The standard InChI is InChI=1S/C34H35N7O6/c1-19-12-24-25(13-20(19)2)35-15-27-28(10-11-41(27)33(24)44)47-18-30(42)37-29-17-40(4)31(38-29)32(43)36-23-8-6-21(7-9-23)22-14-26(34(45)46-5)39(3)16-22/h6-9,12-17,27-28H,10-11,18H2,1-5H3,(H,36,43)(H,37,42)/t27-,28+/m1/s1. The number of carbonyl (C=O) groups is 4. The smallest absolute Gasteiger partial charge is 0.354 e. The number of rotatable bonds is 8. The lowest BCUT2D eigenvalue weighted by atomic mass is 10.0. The molecule has 0 radical (unpaired) electrons. The van der Waals surface area contributed by atoms with Gasteiger partial charge >= 0.3 is 5.97 Å². The predicted octanol–water partition coefficient (Wildman–Crippen LogP) is 4.04. The molecule has 13 nitrogen and oxygen atoms in total. The van der Waals surface area contributed by atoms with Gasteiger partial charge in [0, 0.05) is 50.5 Å². The van der Waals surface area contributed by atoms with Crippen molar-refractivity contribution >= 4 is 47.1 Å². The Bertz CT molecular complexity index is 1920. The third-order valence-corrected chi connectivity index (χ3v) is 8.52. The number of ether oxygens (including phenoxy) is 2. The van der Waals surface area contributed by atoms with Gasteiger partial charge in [-0.15, -0.1) is 0 Å². The highest BCUT2D eigenvalue weighted by Gasteiger charge is 2.39. The van der Waals surface area contributed by atoms with Crippen molar-refractivity contribution in [2.24, 2.45) is 19.1 Å². The highest BCUT2D eigenvalue weighted by atomic mass is 16.5. The molecule has 0 saturated carbocycles. The normalized spacial score (nSPS) is 16.8. The number of benzene rings is 2. The zero-order valence-corrected chi connectivity index (χ0v) is 26.7. The van der Waals surface area contributed by atoms with Crippen LogP contribution in [-0.2, 0) is 28.4 Å². The average Bonchev–Trinajstić information content (AvgIpc) is 3.73. The lowest BCUT2D eigenvalue weighted by molar-refractivity contribution is -0.122. The molecule has 0 aliphatic carbocycles. The highest BCUT2D eigenvalue weighted by Crippen LogP contribution is 2.32. The number of amides is 3. The van der Waals surface area contributed by atoms with Gasteiger partial charge in [0.25, 0.3) is 17.7 Å². The SMILES string of the molecule is COC(=O)c1cc(-c2ccc(NC(=O)c3nc(NC(=O)CO[C@H]4CCN5C(=O)c6cc(C)c(C)cc6N=C[C@H]45)cn3C)cc2)cn1C. The number of fused-ring (bicyclic) bond motifs is 2. The molecule has 2 aliphatic heterocycles. The summed E-state index contributed by atoms with van der Waals surface area (Å²) in [7, 11) is 4.75. The highest BCUT2D eigenvalue weighted by molar-refractivity contribution is 6.04. The topological polar surface area (TPSA) is 149 Å². The van der Waals surface area contributed by atoms with Crippen LogP contribution in [0.5, 0.6) is 0 Å². The molecule has 2 atom stereocenters. The summed E-state index contributed by atoms with van der Waals surface area (Å²) < 4.78 is 14.0. The number of hydrogen-bond donors (Lipinski definition) is 2. The van der Waals surface area contributed by atoms with Gasteiger partial charge in [0.2, 0.25) is 5.82 Å². The number of aliphatic imine (C=N–C) groups is 1. The van der Waals surface area contributed by atoms with Gasteiger partial charge in [-0.25, -0.2) is 9.78 Å². The summed E-state index contributed by atoms with van der Waals surface area (Å²) in [5.41, 5.74) is 5.96. The minimum atomic E-state index is -0.459. The first kappa shape index (κ1) is 31.4. The first-order chi connectivity index (χ1) is 22.5. The maximum Gasteiger partial charge on any atom is 0.354 e. The minimum absolute atomic E-state index is 0.0955. The van der Waals surface area contributed by atoms with E-state index < -0.39 is 23.9 Å². The molecule has 4 heterocycles. The first-order valence-corrected chi connectivity index (χ1v) is 15.1. The lowest BCUT2D eigenvalue weighted by Gasteiger charge is -2.23. The summed E-state index contributed by atoms with van der Waals surface area (Å²) in [4.78, 5) is 61.7. The number of methoxy groups -OCH3 is 1. The van der Waals surface area contributed by atoms with Gasteiger partial charge in [-0.1, -0.05) is 12.1 Å². The monoisotopic (exact) mass is 637 g/mol. The second-order valence-corrected chi connectivity index (χ2v) is 11.7. The Kier molecular flexibility index (Phi) is 8.48. The molecule has 0 spiro atoms. The molecule has 0 unspecified atom stereocenters. The predicted molar refractivity (Wildman–Crippen MR) is 175 cm³/mol. The van der Waals surface area contributed by atoms with E-state index in [4.69, 9.17) is 9.47 Å². The Balaban J connectivity index is 1.04. The Morgan fingerprint density at radius 1 is 0.957 bits per heavy atom. The van der Waals surface area contributed by atoms with Crippen LogP contribution in [0.4, 0.5) is 17.2 Å². The summed E-state index contributed by atoms with van der Waals surface area (Å²) in [5, 5.41) is 5.50. The van der Waals surface area contributed by atoms with Crippen LogP contribution in [0, 0.1) is 13.8 Å². The molecule has 2 N–H and O–H groups in total. The van der Waals surface area contributed by atoms with Crippen molar-refractivity contribution in [3.63, 3.8) is 0 Å². The molecule has 13 heteroatoms. The van der Waals surface area contributed by atoms with Gasteiger partial charge in [0.05, 0.1) is 30.5 Å². The number of hydrogen-bond acceptors (Lipinski definition) is 8. The van der Waals surface area contributed by atoms with Crippen molar-refractivity contribution < 1.29 is 28.7 Å². The molecule has 2 aliphatic rings. The number of nitrogens with zero attached hydrogens (tertiary/aromatic N) is 5. The number of anilines is 2. The average molecular weight is 638 g/mol. The Labute approximate surface area is 271 Å². The second kappa shape index (κ2) is 12.7. The van der Waals surface area contributed by atoms with E-state index in [0.717, 1.165) is 22.3 Å². The maximum atomic E-state index is 13.3. The van der Waals surface area contributed by atoms with Crippen LogP contribution >= 0.6 is 0 Å². The van der Waals surface area contributed by atoms with Crippen molar-refractivity contribution in [2.45, 2.75) is 32.4 Å². The van der Waals surface area contributed by atoms with Crippen LogP contribution in [0.2, 0.25) is 0 Å². The van der Waals surface area contributed by atoms with Crippen molar-refractivity contribution in [2.75, 3.05) is 30.9 Å². The van der Waals surface area contributed by atoms with E-state index in [-0.39, 0.29) is 30.2 Å². The molecule has 2 aromatic carbocycles. The zero-order chi connectivity index (χ0) is 33.4. The van der Waals surface area contributed by atoms with E-state index >= 15 is 0 Å². The van der Waals surface area contributed by atoms with E-state index in [2.05, 4.69) is 20.6 Å². The van der Waals surface area contributed by atoms with Gasteiger partial charge in [-0.3, -0.25) is 19.4 Å². The number of esters is 1. The third kappa shape index (κ3) is 6.29. The van der Waals surface area contributed by atoms with Crippen LogP contribution in [0.1, 0.15) is 49.0 Å². The number of imidazole rings is 1. The van der Waals surface area contributed by atoms with Gasteiger partial charge in [-0.05, 0) is 67.3 Å². The molecule has 6 rings (SSSR count). The van der Waals surface area contributed by atoms with Crippen LogP contribution < -0.4 is 10.6 Å². The second-order valence-electron chi connectivity index (χ2n) is 11.7. The Hall–Kier alpha value is -5.56. The number of aryl methyl sites for hydroxylation is 4. The van der Waals surface area contributed by atoms with E-state index in [0.29, 0.717) is 35.6 Å². The van der Waals surface area contributed by atoms with Crippen molar-refractivity contribution in [1.29, 1.82) is 0 Å². The molecule has 3 amide bonds. The van der Waals surface area contributed by atoms with Crippen LogP contribution in [-0.4, -0.2) is 81.3 Å². The van der Waals surface area contributed by atoms with Crippen molar-refractivity contribution in [1.82, 2.24) is 19.0 Å². The number of aromatic nitrogens is 3. The molecule has 4 aromatic rings. The lowest BCUT2D eigenvalue weighted by Crippen LogP contribution is -2.41. The minimum Gasteiger partial charge on any atom is -0.464 e. The molecular weight excluding hydrogens is 602 g/mol. The first-order valence-electron chi connectivity index (χ1n) is 15.1. The van der Waals surface area contributed by atoms with Crippen LogP contribution in [0.3, 0.4) is 0 Å². The van der Waals surface area contributed by atoms with E-state index in [9.17, 15) is 19.2 Å². The zero-order valence-electron chi connectivity index (χ0n) is 26.7. The molecule has 242 valence electrons. The van der Waals surface area contributed by atoms with Gasteiger partial charge in [0.15, 0.2) is 5.82 Å². The van der Waals surface area contributed by atoms with Crippen molar-refractivity contribution in [3.8, 4) is 11.1 Å². The molecule has 0 bridgehead atoms. The van der Waals surface area contributed by atoms with Gasteiger partial charge < -0.3 is 34.1 Å². The molecule has 1 saturated heterocycles. The quantitative estimate of drug-likeness (QED) is 0.277. The fourth-order valence-corrected chi connectivity index (χ4v) is 5.83. The molecular formula is C34H35N7O6.